The van der Waals surface area contributed by atoms with Crippen LogP contribution in [0.2, 0.25) is 0 Å². The van der Waals surface area contributed by atoms with Crippen LogP contribution in [0.1, 0.15) is 16.7 Å². The van der Waals surface area contributed by atoms with Crippen molar-refractivity contribution in [2.45, 2.75) is 5.54 Å². The van der Waals surface area contributed by atoms with Crippen molar-refractivity contribution >= 4 is 21.6 Å². The molecule has 0 saturated carbocycles. The average molecular weight is 551 g/mol. The molecule has 0 amide bonds. The van der Waals surface area contributed by atoms with E-state index in [1.54, 1.807) is 0 Å². The number of halogens is 1. The quantitative estimate of drug-likeness (QED) is 0.214. The SMILES string of the molecule is Brc1cn(C(c2ccccc2)(c2ccccc2)c2ccccc2)nc1-c1ccc(N2CCOCC2)cc1. The maximum atomic E-state index is 5.51. The first-order valence-corrected chi connectivity index (χ1v) is 13.4. The number of ether oxygens (including phenoxy) is 1. The molecule has 4 nitrogen and oxygen atoms in total. The van der Waals surface area contributed by atoms with Crippen molar-refractivity contribution < 1.29 is 4.74 Å². The maximum Gasteiger partial charge on any atom is 0.138 e. The van der Waals surface area contributed by atoms with Gasteiger partial charge in [-0.2, -0.15) is 5.10 Å². The first kappa shape index (κ1) is 23.7. The van der Waals surface area contributed by atoms with Crippen LogP contribution >= 0.6 is 15.9 Å². The number of anilines is 1. The summed E-state index contributed by atoms with van der Waals surface area (Å²) in [5.74, 6) is 0. The number of rotatable bonds is 6. The lowest BCUT2D eigenvalue weighted by molar-refractivity contribution is 0.122. The van der Waals surface area contributed by atoms with Gasteiger partial charge in [-0.25, -0.2) is 0 Å². The minimum absolute atomic E-state index is 0.641. The van der Waals surface area contributed by atoms with Crippen molar-refractivity contribution in [2.75, 3.05) is 31.2 Å². The van der Waals surface area contributed by atoms with Gasteiger partial charge in [-0.05, 0) is 44.8 Å². The molecule has 0 N–H and O–H groups in total. The molecule has 4 aromatic carbocycles. The Morgan fingerprint density at radius 3 is 1.62 bits per heavy atom. The van der Waals surface area contributed by atoms with Gasteiger partial charge in [0.05, 0.1) is 17.7 Å². The van der Waals surface area contributed by atoms with Crippen molar-refractivity contribution in [3.8, 4) is 11.3 Å². The summed E-state index contributed by atoms with van der Waals surface area (Å²) in [5, 5.41) is 5.26. The number of hydrogen-bond donors (Lipinski definition) is 0. The van der Waals surface area contributed by atoms with Crippen molar-refractivity contribution in [3.05, 3.63) is 143 Å². The van der Waals surface area contributed by atoms with Crippen LogP contribution < -0.4 is 4.90 Å². The first-order chi connectivity index (χ1) is 18.3. The predicted molar refractivity (Wildman–Crippen MR) is 153 cm³/mol. The third-order valence-electron chi connectivity index (χ3n) is 7.10. The van der Waals surface area contributed by atoms with Crippen molar-refractivity contribution in [2.24, 2.45) is 0 Å². The second-order valence-corrected chi connectivity index (χ2v) is 10.1. The van der Waals surface area contributed by atoms with Crippen LogP contribution in [0.4, 0.5) is 5.69 Å². The van der Waals surface area contributed by atoms with E-state index in [4.69, 9.17) is 9.84 Å². The Bertz CT molecular complexity index is 1350. The number of aromatic nitrogens is 2. The highest BCUT2D eigenvalue weighted by Gasteiger charge is 2.39. The van der Waals surface area contributed by atoms with E-state index >= 15 is 0 Å². The van der Waals surface area contributed by atoms with Gasteiger partial charge >= 0.3 is 0 Å². The van der Waals surface area contributed by atoms with Crippen molar-refractivity contribution in [1.29, 1.82) is 0 Å². The molecule has 0 bridgehead atoms. The molecule has 0 aliphatic carbocycles. The van der Waals surface area contributed by atoms with Gasteiger partial charge in [0.2, 0.25) is 0 Å². The molecule has 1 fully saturated rings. The highest BCUT2D eigenvalue weighted by atomic mass is 79.9. The lowest BCUT2D eigenvalue weighted by Crippen LogP contribution is -2.38. The van der Waals surface area contributed by atoms with Gasteiger partial charge < -0.3 is 9.64 Å². The Labute approximate surface area is 226 Å². The van der Waals surface area contributed by atoms with Crippen LogP contribution in [-0.2, 0) is 10.3 Å². The standard InChI is InChI=1S/C32H28BrN3O/c33-30-24-36(34-31(30)25-16-18-29(19-17-25)35-20-22-37-23-21-35)32(26-10-4-1-5-11-26,27-12-6-2-7-13-27)28-14-8-3-9-15-28/h1-19,24H,20-23H2. The molecule has 1 saturated heterocycles. The fourth-order valence-corrected chi connectivity index (χ4v) is 5.81. The first-order valence-electron chi connectivity index (χ1n) is 12.6. The fourth-order valence-electron chi connectivity index (χ4n) is 5.31. The zero-order valence-corrected chi connectivity index (χ0v) is 22.1. The molecular weight excluding hydrogens is 522 g/mol. The monoisotopic (exact) mass is 549 g/mol. The van der Waals surface area contributed by atoms with Gasteiger partial charge in [-0.15, -0.1) is 0 Å². The molecule has 2 heterocycles. The van der Waals surface area contributed by atoms with Crippen LogP contribution in [-0.4, -0.2) is 36.1 Å². The minimum atomic E-state index is -0.641. The fraction of sp³-hybridized carbons (Fsp3) is 0.156. The lowest BCUT2D eigenvalue weighted by atomic mass is 9.77. The third kappa shape index (κ3) is 4.39. The summed E-state index contributed by atoms with van der Waals surface area (Å²) >= 11 is 3.85. The molecule has 1 aliphatic rings. The summed E-state index contributed by atoms with van der Waals surface area (Å²) < 4.78 is 8.58. The molecule has 5 heteroatoms. The van der Waals surface area contributed by atoms with Gasteiger partial charge in [0.1, 0.15) is 11.2 Å². The van der Waals surface area contributed by atoms with Crippen molar-refractivity contribution in [1.82, 2.24) is 9.78 Å². The minimum Gasteiger partial charge on any atom is -0.378 e. The van der Waals surface area contributed by atoms with Crippen LogP contribution in [0.15, 0.2) is 126 Å². The van der Waals surface area contributed by atoms with E-state index in [-0.39, 0.29) is 0 Å². The van der Waals surface area contributed by atoms with E-state index < -0.39 is 5.54 Å². The van der Waals surface area contributed by atoms with E-state index in [0.717, 1.165) is 58.7 Å². The summed E-state index contributed by atoms with van der Waals surface area (Å²) in [7, 11) is 0. The Balaban J connectivity index is 1.51. The van der Waals surface area contributed by atoms with E-state index in [9.17, 15) is 0 Å². The lowest BCUT2D eigenvalue weighted by Gasteiger charge is -2.36. The van der Waals surface area contributed by atoms with Crippen LogP contribution in [0.3, 0.4) is 0 Å². The Kier molecular flexibility index (Phi) is 6.64. The summed E-state index contributed by atoms with van der Waals surface area (Å²) in [5.41, 5.74) is 6.02. The van der Waals surface area contributed by atoms with Crippen molar-refractivity contribution in [3.63, 3.8) is 0 Å². The summed E-state index contributed by atoms with van der Waals surface area (Å²) in [4.78, 5) is 2.37. The molecule has 5 aromatic rings. The zero-order chi connectivity index (χ0) is 25.1. The number of benzene rings is 4. The molecular formula is C32H28BrN3O. The molecule has 0 spiro atoms. The molecule has 0 atom stereocenters. The highest BCUT2D eigenvalue weighted by Crippen LogP contribution is 2.42. The third-order valence-corrected chi connectivity index (χ3v) is 7.69. The normalized spacial score (nSPS) is 14.0. The van der Waals surface area contributed by atoms with E-state index in [0.29, 0.717) is 0 Å². The summed E-state index contributed by atoms with van der Waals surface area (Å²) in [6, 6.07) is 40.6. The van der Waals surface area contributed by atoms with Crippen LogP contribution in [0, 0.1) is 0 Å². The molecule has 184 valence electrons. The number of morpholine rings is 1. The smallest absolute Gasteiger partial charge is 0.138 e. The zero-order valence-electron chi connectivity index (χ0n) is 20.5. The Morgan fingerprint density at radius 2 is 1.14 bits per heavy atom. The van der Waals surface area contributed by atoms with E-state index in [1.807, 2.05) is 0 Å². The molecule has 0 unspecified atom stereocenters. The Hall–Kier alpha value is -3.67. The van der Waals surface area contributed by atoms with Crippen LogP contribution in [0.25, 0.3) is 11.3 Å². The van der Waals surface area contributed by atoms with Gasteiger partial charge in [-0.3, -0.25) is 4.68 Å². The van der Waals surface area contributed by atoms with Crippen LogP contribution in [0.5, 0.6) is 0 Å². The van der Waals surface area contributed by atoms with E-state index in [2.05, 4.69) is 147 Å². The summed E-state index contributed by atoms with van der Waals surface area (Å²) in [6.07, 6.45) is 2.11. The number of hydrogen-bond acceptors (Lipinski definition) is 3. The summed E-state index contributed by atoms with van der Waals surface area (Å²) in [6.45, 7) is 3.40. The molecule has 1 aromatic heterocycles. The topological polar surface area (TPSA) is 30.3 Å². The predicted octanol–water partition coefficient (Wildman–Crippen LogP) is 6.99. The largest absolute Gasteiger partial charge is 0.378 e. The van der Waals surface area contributed by atoms with Gasteiger partial charge in [-0.1, -0.05) is 103 Å². The maximum absolute atomic E-state index is 5.51. The molecule has 37 heavy (non-hydrogen) atoms. The van der Waals surface area contributed by atoms with Gasteiger partial charge in [0, 0.05) is 30.5 Å². The second-order valence-electron chi connectivity index (χ2n) is 9.22. The van der Waals surface area contributed by atoms with Gasteiger partial charge in [0.15, 0.2) is 0 Å². The second kappa shape index (κ2) is 10.4. The molecule has 6 rings (SSSR count). The molecule has 0 radical (unpaired) electrons. The Morgan fingerprint density at radius 1 is 0.649 bits per heavy atom. The highest BCUT2D eigenvalue weighted by molar-refractivity contribution is 9.10. The molecule has 1 aliphatic heterocycles. The van der Waals surface area contributed by atoms with Gasteiger partial charge in [0.25, 0.3) is 0 Å². The average Bonchev–Trinajstić information content (AvgIpc) is 3.37. The number of nitrogens with zero attached hydrogens (tertiary/aromatic N) is 3. The van der Waals surface area contributed by atoms with E-state index in [1.165, 1.54) is 5.69 Å².